The molecule has 0 saturated heterocycles. The monoisotopic (exact) mass is 355 g/mol. The lowest BCUT2D eigenvalue weighted by molar-refractivity contribution is 0.0773. The molecule has 1 aliphatic rings. The van der Waals surface area contributed by atoms with Crippen LogP contribution in [0.3, 0.4) is 0 Å². The van der Waals surface area contributed by atoms with Gasteiger partial charge in [0.15, 0.2) is 9.84 Å². The number of benzene rings is 2. The van der Waals surface area contributed by atoms with Crippen LogP contribution < -0.4 is 0 Å². The Morgan fingerprint density at radius 1 is 1.04 bits per heavy atom. The maximum Gasteiger partial charge on any atom is 0.254 e. The molecule has 0 N–H and O–H groups in total. The van der Waals surface area contributed by atoms with E-state index in [-0.39, 0.29) is 11.7 Å². The highest BCUT2D eigenvalue weighted by atomic mass is 32.2. The van der Waals surface area contributed by atoms with E-state index in [9.17, 15) is 13.2 Å². The lowest BCUT2D eigenvalue weighted by atomic mass is 9.99. The van der Waals surface area contributed by atoms with Gasteiger partial charge in [-0.1, -0.05) is 48.5 Å². The molecule has 1 amide bonds. The first-order valence-electron chi connectivity index (χ1n) is 8.23. The molecule has 5 heteroatoms. The highest BCUT2D eigenvalue weighted by molar-refractivity contribution is 7.89. The van der Waals surface area contributed by atoms with Crippen molar-refractivity contribution >= 4 is 21.3 Å². The first-order valence-corrected chi connectivity index (χ1v) is 10.3. The molecular formula is C20H21NO3S. The van der Waals surface area contributed by atoms with Crippen LogP contribution in [0.2, 0.25) is 0 Å². The van der Waals surface area contributed by atoms with Crippen LogP contribution in [0.5, 0.6) is 0 Å². The Hall–Kier alpha value is -2.40. The van der Waals surface area contributed by atoms with Crippen LogP contribution in [0.4, 0.5) is 0 Å². The van der Waals surface area contributed by atoms with Crippen molar-refractivity contribution in [1.82, 2.24) is 4.90 Å². The Bertz CT molecular complexity index is 884. The molecule has 0 fully saturated rings. The van der Waals surface area contributed by atoms with Crippen molar-refractivity contribution in [2.45, 2.75) is 12.2 Å². The molecule has 1 aliphatic heterocycles. The van der Waals surface area contributed by atoms with Gasteiger partial charge in [-0.15, -0.1) is 0 Å². The van der Waals surface area contributed by atoms with Crippen LogP contribution >= 0.6 is 0 Å². The summed E-state index contributed by atoms with van der Waals surface area (Å²) >= 11 is 0. The van der Waals surface area contributed by atoms with Crippen molar-refractivity contribution in [3.63, 3.8) is 0 Å². The minimum absolute atomic E-state index is 0.00560. The predicted octanol–water partition coefficient (Wildman–Crippen LogP) is 3.16. The summed E-state index contributed by atoms with van der Waals surface area (Å²) in [6.45, 7) is 1.28. The normalized spacial score (nSPS) is 14.9. The summed E-state index contributed by atoms with van der Waals surface area (Å²) in [7, 11) is -3.07. The van der Waals surface area contributed by atoms with Gasteiger partial charge in [-0.3, -0.25) is 4.79 Å². The predicted molar refractivity (Wildman–Crippen MR) is 99.9 cm³/mol. The van der Waals surface area contributed by atoms with E-state index >= 15 is 0 Å². The summed E-state index contributed by atoms with van der Waals surface area (Å²) in [6.07, 6.45) is 4.15. The van der Waals surface area contributed by atoms with Gasteiger partial charge in [-0.25, -0.2) is 8.42 Å². The number of hydrogen-bond donors (Lipinski definition) is 0. The van der Waals surface area contributed by atoms with Gasteiger partial charge in [0.05, 0.1) is 5.75 Å². The summed E-state index contributed by atoms with van der Waals surface area (Å²) in [5.74, 6) is -0.0248. The topological polar surface area (TPSA) is 54.5 Å². The molecule has 0 bridgehead atoms. The number of hydrogen-bond acceptors (Lipinski definition) is 3. The molecule has 0 saturated carbocycles. The van der Waals surface area contributed by atoms with E-state index in [0.717, 1.165) is 6.42 Å². The minimum Gasteiger partial charge on any atom is -0.335 e. The van der Waals surface area contributed by atoms with Crippen LogP contribution in [0.25, 0.3) is 5.57 Å². The molecule has 3 rings (SSSR count). The quantitative estimate of drug-likeness (QED) is 0.846. The Morgan fingerprint density at radius 2 is 1.72 bits per heavy atom. The van der Waals surface area contributed by atoms with Gasteiger partial charge in [0.25, 0.3) is 5.91 Å². The van der Waals surface area contributed by atoms with E-state index < -0.39 is 9.84 Å². The van der Waals surface area contributed by atoms with E-state index in [1.54, 1.807) is 24.3 Å². The van der Waals surface area contributed by atoms with E-state index in [2.05, 4.69) is 18.2 Å². The maximum atomic E-state index is 12.6. The van der Waals surface area contributed by atoms with Crippen LogP contribution in [-0.4, -0.2) is 38.6 Å². The first-order chi connectivity index (χ1) is 11.9. The van der Waals surface area contributed by atoms with Gasteiger partial charge in [-0.05, 0) is 35.3 Å². The number of rotatable bonds is 4. The van der Waals surface area contributed by atoms with E-state index in [1.165, 1.54) is 17.4 Å². The van der Waals surface area contributed by atoms with Gasteiger partial charge in [0, 0.05) is 24.9 Å². The van der Waals surface area contributed by atoms with Crippen molar-refractivity contribution < 1.29 is 13.2 Å². The summed E-state index contributed by atoms with van der Waals surface area (Å²) in [5, 5.41) is 0. The molecule has 25 heavy (non-hydrogen) atoms. The van der Waals surface area contributed by atoms with Crippen molar-refractivity contribution in [2.24, 2.45) is 0 Å². The third-order valence-corrected chi connectivity index (χ3v) is 5.13. The van der Waals surface area contributed by atoms with E-state index in [1.807, 2.05) is 23.1 Å². The fourth-order valence-corrected chi connectivity index (χ4v) is 3.79. The molecule has 1 heterocycles. The van der Waals surface area contributed by atoms with Crippen molar-refractivity contribution in [3.05, 3.63) is 77.4 Å². The Balaban J connectivity index is 1.67. The number of carbonyl (C=O) groups is 1. The molecule has 0 atom stereocenters. The largest absolute Gasteiger partial charge is 0.335 e. The molecule has 0 aromatic heterocycles. The average Bonchev–Trinajstić information content (AvgIpc) is 2.61. The molecule has 0 aliphatic carbocycles. The second-order valence-corrected chi connectivity index (χ2v) is 8.50. The molecule has 130 valence electrons. The van der Waals surface area contributed by atoms with Gasteiger partial charge >= 0.3 is 0 Å². The Kier molecular flexibility index (Phi) is 5.04. The standard InChI is InChI=1S/C20H21NO3S/c1-25(23,24)15-16-7-9-19(10-8-16)20(22)21-13-11-18(12-14-21)17-5-3-2-4-6-17/h2-11H,12-15H2,1H3. The zero-order valence-corrected chi connectivity index (χ0v) is 15.0. The number of sulfone groups is 1. The van der Waals surface area contributed by atoms with Crippen molar-refractivity contribution in [2.75, 3.05) is 19.3 Å². The van der Waals surface area contributed by atoms with Gasteiger partial charge in [0.1, 0.15) is 0 Å². The summed E-state index contributed by atoms with van der Waals surface area (Å²) in [6, 6.07) is 17.0. The Labute approximate surface area is 148 Å². The second-order valence-electron chi connectivity index (χ2n) is 6.36. The van der Waals surface area contributed by atoms with Gasteiger partial charge in [0.2, 0.25) is 0 Å². The molecular weight excluding hydrogens is 334 g/mol. The Morgan fingerprint density at radius 3 is 2.28 bits per heavy atom. The molecule has 2 aromatic carbocycles. The zero-order valence-electron chi connectivity index (χ0n) is 14.2. The van der Waals surface area contributed by atoms with Crippen LogP contribution in [0, 0.1) is 0 Å². The fraction of sp³-hybridized carbons (Fsp3) is 0.250. The molecule has 0 spiro atoms. The van der Waals surface area contributed by atoms with Gasteiger partial charge < -0.3 is 4.90 Å². The molecule has 0 unspecified atom stereocenters. The minimum atomic E-state index is -3.07. The summed E-state index contributed by atoms with van der Waals surface area (Å²) < 4.78 is 22.7. The molecule has 0 radical (unpaired) electrons. The highest BCUT2D eigenvalue weighted by Crippen LogP contribution is 2.23. The lowest BCUT2D eigenvalue weighted by Gasteiger charge is -2.27. The molecule has 4 nitrogen and oxygen atoms in total. The fourth-order valence-electron chi connectivity index (χ4n) is 3.00. The van der Waals surface area contributed by atoms with E-state index in [4.69, 9.17) is 0 Å². The highest BCUT2D eigenvalue weighted by Gasteiger charge is 2.19. The third-order valence-electron chi connectivity index (χ3n) is 4.27. The smallest absolute Gasteiger partial charge is 0.254 e. The lowest BCUT2D eigenvalue weighted by Crippen LogP contribution is -2.34. The van der Waals surface area contributed by atoms with Crippen molar-refractivity contribution in [1.29, 1.82) is 0 Å². The third kappa shape index (κ3) is 4.57. The summed E-state index contributed by atoms with van der Waals surface area (Å²) in [4.78, 5) is 14.4. The number of nitrogens with zero attached hydrogens (tertiary/aromatic N) is 1. The number of carbonyl (C=O) groups excluding carboxylic acids is 1. The average molecular weight is 355 g/mol. The molecule has 2 aromatic rings. The second kappa shape index (κ2) is 7.23. The van der Waals surface area contributed by atoms with Crippen LogP contribution in [0.1, 0.15) is 27.9 Å². The maximum absolute atomic E-state index is 12.6. The number of amides is 1. The summed E-state index contributed by atoms with van der Waals surface area (Å²) in [5.41, 5.74) is 3.77. The van der Waals surface area contributed by atoms with Crippen LogP contribution in [0.15, 0.2) is 60.7 Å². The van der Waals surface area contributed by atoms with Gasteiger partial charge in [-0.2, -0.15) is 0 Å². The SMILES string of the molecule is CS(=O)(=O)Cc1ccc(C(=O)N2CC=C(c3ccccc3)CC2)cc1. The first kappa shape index (κ1) is 17.4. The van der Waals surface area contributed by atoms with E-state index in [0.29, 0.717) is 24.2 Å². The van der Waals surface area contributed by atoms with Crippen LogP contribution in [-0.2, 0) is 15.6 Å². The van der Waals surface area contributed by atoms with Crippen molar-refractivity contribution in [3.8, 4) is 0 Å². The zero-order chi connectivity index (χ0) is 17.9.